The number of hydrazine groups is 1. The van der Waals surface area contributed by atoms with Crippen LogP contribution in [0.25, 0.3) is 0 Å². The third kappa shape index (κ3) is 3.06. The summed E-state index contributed by atoms with van der Waals surface area (Å²) in [5.41, 5.74) is 4.25. The molecule has 17 heavy (non-hydrogen) atoms. The molecule has 0 spiro atoms. The predicted octanol–water partition coefficient (Wildman–Crippen LogP) is 2.19. The first-order valence-corrected chi connectivity index (χ1v) is 6.50. The van der Waals surface area contributed by atoms with Crippen molar-refractivity contribution in [2.24, 2.45) is 5.84 Å². The van der Waals surface area contributed by atoms with Gasteiger partial charge in [0.1, 0.15) is 5.82 Å². The first kappa shape index (κ1) is 12.6. The third-order valence-corrected chi connectivity index (χ3v) is 3.66. The fourth-order valence-corrected chi connectivity index (χ4v) is 2.41. The van der Waals surface area contributed by atoms with E-state index in [1.165, 1.54) is 23.7 Å². The molecular weight excluding hydrogens is 307 g/mol. The van der Waals surface area contributed by atoms with Gasteiger partial charge in [-0.1, -0.05) is 20.4 Å². The summed E-state index contributed by atoms with van der Waals surface area (Å²) in [4.78, 5) is 0. The Morgan fingerprint density at radius 2 is 2.35 bits per heavy atom. The van der Waals surface area contributed by atoms with Crippen LogP contribution >= 0.6 is 27.5 Å². The molecule has 3 N–H and O–H groups in total. The zero-order chi connectivity index (χ0) is 12.3. The zero-order valence-electron chi connectivity index (χ0n) is 8.73. The SMILES string of the molecule is NNC(Cc1cc(F)ccc1Br)c1csnn1. The zero-order valence-corrected chi connectivity index (χ0v) is 11.1. The van der Waals surface area contributed by atoms with E-state index in [4.69, 9.17) is 5.84 Å². The van der Waals surface area contributed by atoms with E-state index < -0.39 is 0 Å². The van der Waals surface area contributed by atoms with Crippen molar-refractivity contribution in [2.75, 3.05) is 0 Å². The van der Waals surface area contributed by atoms with Crippen LogP contribution in [0.4, 0.5) is 4.39 Å². The number of nitrogens with one attached hydrogen (secondary N) is 1. The fraction of sp³-hybridized carbons (Fsp3) is 0.200. The first-order valence-electron chi connectivity index (χ1n) is 4.87. The van der Waals surface area contributed by atoms with E-state index in [0.717, 1.165) is 15.7 Å². The smallest absolute Gasteiger partial charge is 0.123 e. The highest BCUT2D eigenvalue weighted by molar-refractivity contribution is 9.10. The molecule has 2 aromatic rings. The summed E-state index contributed by atoms with van der Waals surface area (Å²) in [5, 5.41) is 5.77. The Bertz CT molecular complexity index is 491. The molecule has 1 aromatic heterocycles. The highest BCUT2D eigenvalue weighted by Crippen LogP contribution is 2.23. The molecule has 1 atom stereocenters. The van der Waals surface area contributed by atoms with Crippen LogP contribution in [0.1, 0.15) is 17.3 Å². The summed E-state index contributed by atoms with van der Waals surface area (Å²) in [7, 11) is 0. The Labute approximate surface area is 110 Å². The van der Waals surface area contributed by atoms with E-state index in [1.54, 1.807) is 6.07 Å². The second kappa shape index (κ2) is 5.63. The van der Waals surface area contributed by atoms with Crippen molar-refractivity contribution in [3.63, 3.8) is 0 Å². The lowest BCUT2D eigenvalue weighted by molar-refractivity contribution is 0.533. The maximum absolute atomic E-state index is 13.1. The van der Waals surface area contributed by atoms with Crippen molar-refractivity contribution in [3.05, 3.63) is 45.1 Å². The number of hydrogen-bond acceptors (Lipinski definition) is 5. The summed E-state index contributed by atoms with van der Waals surface area (Å²) in [6, 6.07) is 4.39. The lowest BCUT2D eigenvalue weighted by Gasteiger charge is -2.14. The quantitative estimate of drug-likeness (QED) is 0.670. The Morgan fingerprint density at radius 1 is 1.53 bits per heavy atom. The van der Waals surface area contributed by atoms with Gasteiger partial charge in [0, 0.05) is 9.85 Å². The van der Waals surface area contributed by atoms with Crippen molar-refractivity contribution in [1.82, 2.24) is 15.0 Å². The highest BCUT2D eigenvalue weighted by atomic mass is 79.9. The van der Waals surface area contributed by atoms with Gasteiger partial charge in [-0.3, -0.25) is 11.3 Å². The van der Waals surface area contributed by atoms with Crippen molar-refractivity contribution in [2.45, 2.75) is 12.5 Å². The average molecular weight is 317 g/mol. The predicted molar refractivity (Wildman–Crippen MR) is 67.8 cm³/mol. The number of nitrogens with zero attached hydrogens (tertiary/aromatic N) is 2. The molecule has 90 valence electrons. The van der Waals surface area contributed by atoms with Gasteiger partial charge in [0.05, 0.1) is 11.7 Å². The molecule has 0 bridgehead atoms. The van der Waals surface area contributed by atoms with Crippen LogP contribution in [0.15, 0.2) is 28.1 Å². The van der Waals surface area contributed by atoms with Gasteiger partial charge in [-0.25, -0.2) is 4.39 Å². The summed E-state index contributed by atoms with van der Waals surface area (Å²) >= 11 is 4.64. The number of nitrogens with two attached hydrogens (primary N) is 1. The molecule has 0 aliphatic carbocycles. The second-order valence-corrected chi connectivity index (χ2v) is 4.95. The number of hydrogen-bond donors (Lipinski definition) is 2. The summed E-state index contributed by atoms with van der Waals surface area (Å²) < 4.78 is 17.8. The highest BCUT2D eigenvalue weighted by Gasteiger charge is 2.15. The Kier molecular flexibility index (Phi) is 4.16. The molecule has 0 saturated heterocycles. The molecule has 0 amide bonds. The van der Waals surface area contributed by atoms with Gasteiger partial charge in [-0.05, 0) is 41.7 Å². The van der Waals surface area contributed by atoms with Crippen LogP contribution in [-0.4, -0.2) is 9.59 Å². The van der Waals surface area contributed by atoms with E-state index in [2.05, 4.69) is 30.9 Å². The Hall–Kier alpha value is -0.890. The number of aromatic nitrogens is 2. The standard InChI is InChI=1S/C10H10BrFN4S/c11-8-2-1-7(12)3-6(8)4-9(14-13)10-5-17-16-15-10/h1-3,5,9,14H,4,13H2. The molecule has 0 aliphatic rings. The van der Waals surface area contributed by atoms with E-state index in [-0.39, 0.29) is 11.9 Å². The van der Waals surface area contributed by atoms with Crippen LogP contribution in [-0.2, 0) is 6.42 Å². The monoisotopic (exact) mass is 316 g/mol. The van der Waals surface area contributed by atoms with Crippen LogP contribution in [0.5, 0.6) is 0 Å². The van der Waals surface area contributed by atoms with E-state index >= 15 is 0 Å². The fourth-order valence-electron chi connectivity index (χ4n) is 1.49. The Balaban J connectivity index is 2.21. The van der Waals surface area contributed by atoms with Gasteiger partial charge in [-0.2, -0.15) is 0 Å². The topological polar surface area (TPSA) is 63.8 Å². The lowest BCUT2D eigenvalue weighted by atomic mass is 10.0. The van der Waals surface area contributed by atoms with Crippen LogP contribution in [0.2, 0.25) is 0 Å². The van der Waals surface area contributed by atoms with Crippen LogP contribution in [0, 0.1) is 5.82 Å². The number of halogens is 2. The minimum absolute atomic E-state index is 0.174. The molecule has 0 radical (unpaired) electrons. The van der Waals surface area contributed by atoms with Crippen LogP contribution < -0.4 is 11.3 Å². The van der Waals surface area contributed by atoms with Crippen LogP contribution in [0.3, 0.4) is 0 Å². The molecule has 7 heteroatoms. The molecule has 4 nitrogen and oxygen atoms in total. The molecule has 2 rings (SSSR count). The van der Waals surface area contributed by atoms with Crippen molar-refractivity contribution in [3.8, 4) is 0 Å². The molecule has 0 aliphatic heterocycles. The second-order valence-electron chi connectivity index (χ2n) is 3.49. The summed E-state index contributed by atoms with van der Waals surface area (Å²) in [6.07, 6.45) is 0.542. The van der Waals surface area contributed by atoms with Gasteiger partial charge < -0.3 is 0 Å². The maximum Gasteiger partial charge on any atom is 0.123 e. The maximum atomic E-state index is 13.1. The molecule has 1 unspecified atom stereocenters. The van der Waals surface area contributed by atoms with Crippen molar-refractivity contribution in [1.29, 1.82) is 0 Å². The number of rotatable bonds is 4. The van der Waals surface area contributed by atoms with Gasteiger partial charge in [-0.15, -0.1) is 5.10 Å². The summed E-state index contributed by atoms with van der Waals surface area (Å²) in [5.74, 6) is 5.21. The number of benzene rings is 1. The van der Waals surface area contributed by atoms with Crippen molar-refractivity contribution < 1.29 is 4.39 Å². The largest absolute Gasteiger partial charge is 0.271 e. The van der Waals surface area contributed by atoms with E-state index in [1.807, 2.05) is 5.38 Å². The molecule has 1 heterocycles. The van der Waals surface area contributed by atoms with Crippen molar-refractivity contribution >= 4 is 27.5 Å². The average Bonchev–Trinajstić information content (AvgIpc) is 2.84. The minimum Gasteiger partial charge on any atom is -0.271 e. The van der Waals surface area contributed by atoms with Gasteiger partial charge in [0.15, 0.2) is 0 Å². The summed E-state index contributed by atoms with van der Waals surface area (Å²) in [6.45, 7) is 0. The van der Waals surface area contributed by atoms with E-state index in [9.17, 15) is 4.39 Å². The van der Waals surface area contributed by atoms with E-state index in [0.29, 0.717) is 6.42 Å². The van der Waals surface area contributed by atoms with Gasteiger partial charge >= 0.3 is 0 Å². The third-order valence-electron chi connectivity index (χ3n) is 2.37. The molecular formula is C10H10BrFN4S. The Morgan fingerprint density at radius 3 is 3.00 bits per heavy atom. The lowest BCUT2D eigenvalue weighted by Crippen LogP contribution is -2.30. The van der Waals surface area contributed by atoms with Gasteiger partial charge in [0.25, 0.3) is 0 Å². The molecule has 0 saturated carbocycles. The normalized spacial score (nSPS) is 12.6. The molecule has 1 aromatic carbocycles. The first-order chi connectivity index (χ1) is 8.20. The minimum atomic E-state index is -0.268. The molecule has 0 fully saturated rings. The van der Waals surface area contributed by atoms with Gasteiger partial charge in [0.2, 0.25) is 0 Å².